The molecule has 0 unspecified atom stereocenters. The first kappa shape index (κ1) is 18.4. The van der Waals surface area contributed by atoms with Crippen molar-refractivity contribution in [2.75, 3.05) is 5.32 Å². The Labute approximate surface area is 152 Å². The molecule has 0 spiro atoms. The molecule has 2 aromatic rings. The average Bonchev–Trinajstić information content (AvgIpc) is 2.96. The van der Waals surface area contributed by atoms with Gasteiger partial charge in [0.1, 0.15) is 0 Å². The Morgan fingerprint density at radius 2 is 1.92 bits per heavy atom. The molecule has 0 radical (unpaired) electrons. The van der Waals surface area contributed by atoms with E-state index in [1.54, 1.807) is 7.05 Å². The highest BCUT2D eigenvalue weighted by Gasteiger charge is 2.25. The summed E-state index contributed by atoms with van der Waals surface area (Å²) in [6.07, 6.45) is 6.26. The standard InChI is InChI=1S/C18H28N6O2/c1-11(2)9-10-24-14-15(22(3)18(26)23(4)16(14)25)21-17(24)20-13-8-6-5-7-12(13)19/h9,12-13H,5-8,10,19H2,1-4H3,(H,20,21)/t12-,13-/m0/s1. The van der Waals surface area contributed by atoms with Gasteiger partial charge in [-0.05, 0) is 26.7 Å². The number of rotatable bonds is 4. The summed E-state index contributed by atoms with van der Waals surface area (Å²) in [6.45, 7) is 4.53. The molecule has 2 atom stereocenters. The van der Waals surface area contributed by atoms with Crippen molar-refractivity contribution in [2.24, 2.45) is 19.8 Å². The number of nitrogens with zero attached hydrogens (tertiary/aromatic N) is 4. The number of nitrogens with two attached hydrogens (primary N) is 1. The van der Waals surface area contributed by atoms with Gasteiger partial charge in [-0.25, -0.2) is 4.79 Å². The maximum absolute atomic E-state index is 12.8. The molecule has 0 bridgehead atoms. The summed E-state index contributed by atoms with van der Waals surface area (Å²) in [5.74, 6) is 0.596. The van der Waals surface area contributed by atoms with E-state index in [0.717, 1.165) is 35.8 Å². The number of imidazole rings is 1. The number of aromatic nitrogens is 4. The molecule has 26 heavy (non-hydrogen) atoms. The smallest absolute Gasteiger partial charge is 0.332 e. The largest absolute Gasteiger partial charge is 0.351 e. The van der Waals surface area contributed by atoms with Crippen LogP contribution in [-0.4, -0.2) is 30.8 Å². The molecular weight excluding hydrogens is 332 g/mol. The molecule has 2 heterocycles. The molecule has 1 aliphatic rings. The number of anilines is 1. The minimum Gasteiger partial charge on any atom is -0.351 e. The maximum Gasteiger partial charge on any atom is 0.332 e. The van der Waals surface area contributed by atoms with Gasteiger partial charge in [0, 0.05) is 32.7 Å². The van der Waals surface area contributed by atoms with Crippen LogP contribution in [0.1, 0.15) is 39.5 Å². The van der Waals surface area contributed by atoms with Crippen molar-refractivity contribution in [3.63, 3.8) is 0 Å². The van der Waals surface area contributed by atoms with Gasteiger partial charge in [-0.1, -0.05) is 24.5 Å². The third kappa shape index (κ3) is 3.21. The Morgan fingerprint density at radius 3 is 2.58 bits per heavy atom. The van der Waals surface area contributed by atoms with Crippen LogP contribution in [-0.2, 0) is 20.6 Å². The number of hydrogen-bond acceptors (Lipinski definition) is 5. The van der Waals surface area contributed by atoms with E-state index in [0.29, 0.717) is 23.7 Å². The Kier molecular flexibility index (Phi) is 5.04. The van der Waals surface area contributed by atoms with Gasteiger partial charge in [0.25, 0.3) is 5.56 Å². The van der Waals surface area contributed by atoms with Crippen molar-refractivity contribution in [3.05, 3.63) is 32.5 Å². The zero-order valence-corrected chi connectivity index (χ0v) is 16.0. The second-order valence-electron chi connectivity index (χ2n) is 7.40. The minimum absolute atomic E-state index is 0.0621. The zero-order chi connectivity index (χ0) is 19.0. The van der Waals surface area contributed by atoms with Gasteiger partial charge < -0.3 is 15.6 Å². The Bertz CT molecular complexity index is 961. The van der Waals surface area contributed by atoms with Crippen molar-refractivity contribution in [3.8, 4) is 0 Å². The van der Waals surface area contributed by atoms with E-state index in [4.69, 9.17) is 5.73 Å². The van der Waals surface area contributed by atoms with E-state index in [1.165, 1.54) is 11.6 Å². The van der Waals surface area contributed by atoms with E-state index in [-0.39, 0.29) is 23.3 Å². The van der Waals surface area contributed by atoms with Gasteiger partial charge in [0.05, 0.1) is 0 Å². The highest BCUT2D eigenvalue weighted by molar-refractivity contribution is 5.74. The van der Waals surface area contributed by atoms with Crippen LogP contribution in [0.4, 0.5) is 5.95 Å². The van der Waals surface area contributed by atoms with Gasteiger partial charge in [0.15, 0.2) is 11.2 Å². The van der Waals surface area contributed by atoms with E-state index >= 15 is 0 Å². The highest BCUT2D eigenvalue weighted by Crippen LogP contribution is 2.23. The van der Waals surface area contributed by atoms with Crippen molar-refractivity contribution in [1.82, 2.24) is 18.7 Å². The second kappa shape index (κ2) is 7.11. The summed E-state index contributed by atoms with van der Waals surface area (Å²) in [5.41, 5.74) is 7.53. The summed E-state index contributed by atoms with van der Waals surface area (Å²) in [5, 5.41) is 3.44. The number of nitrogens with one attached hydrogen (secondary N) is 1. The first-order valence-corrected chi connectivity index (χ1v) is 9.13. The lowest BCUT2D eigenvalue weighted by molar-refractivity contribution is 0.401. The molecular formula is C18H28N6O2. The minimum atomic E-state index is -0.379. The normalized spacial score (nSPS) is 20.3. The van der Waals surface area contributed by atoms with Crippen LogP contribution < -0.4 is 22.3 Å². The number of aryl methyl sites for hydroxylation is 1. The third-order valence-electron chi connectivity index (χ3n) is 5.16. The van der Waals surface area contributed by atoms with Crippen LogP contribution >= 0.6 is 0 Å². The monoisotopic (exact) mass is 360 g/mol. The van der Waals surface area contributed by atoms with Crippen LogP contribution in [0.5, 0.6) is 0 Å². The van der Waals surface area contributed by atoms with Crippen molar-refractivity contribution in [1.29, 1.82) is 0 Å². The third-order valence-corrected chi connectivity index (χ3v) is 5.16. The lowest BCUT2D eigenvalue weighted by Gasteiger charge is -2.29. The molecule has 0 aromatic carbocycles. The van der Waals surface area contributed by atoms with Gasteiger partial charge in [-0.3, -0.25) is 13.9 Å². The number of allylic oxidation sites excluding steroid dienone is 2. The molecule has 3 rings (SSSR count). The van der Waals surface area contributed by atoms with Crippen LogP contribution in [0.2, 0.25) is 0 Å². The maximum atomic E-state index is 12.8. The number of fused-ring (bicyclic) bond motifs is 1. The molecule has 0 amide bonds. The van der Waals surface area contributed by atoms with E-state index in [1.807, 2.05) is 24.5 Å². The van der Waals surface area contributed by atoms with Gasteiger partial charge in [0.2, 0.25) is 5.95 Å². The van der Waals surface area contributed by atoms with Crippen molar-refractivity contribution < 1.29 is 0 Å². The molecule has 3 N–H and O–H groups in total. The molecule has 2 aromatic heterocycles. The van der Waals surface area contributed by atoms with E-state index < -0.39 is 0 Å². The summed E-state index contributed by atoms with van der Waals surface area (Å²) >= 11 is 0. The fraction of sp³-hybridized carbons (Fsp3) is 0.611. The van der Waals surface area contributed by atoms with E-state index in [2.05, 4.69) is 10.3 Å². The lowest BCUT2D eigenvalue weighted by atomic mass is 9.91. The predicted molar refractivity (Wildman–Crippen MR) is 104 cm³/mol. The molecule has 1 aliphatic carbocycles. The molecule has 1 fully saturated rings. The van der Waals surface area contributed by atoms with Crippen LogP contribution in [0.25, 0.3) is 11.2 Å². The molecule has 8 heteroatoms. The SMILES string of the molecule is CC(C)=CCn1c(N[C@H]2CCCC[C@@H]2N)nc2c1c(=O)n(C)c(=O)n2C. The van der Waals surface area contributed by atoms with Crippen LogP contribution in [0.3, 0.4) is 0 Å². The number of hydrogen-bond donors (Lipinski definition) is 2. The van der Waals surface area contributed by atoms with Gasteiger partial charge >= 0.3 is 5.69 Å². The summed E-state index contributed by atoms with van der Waals surface area (Å²) in [7, 11) is 3.13. The second-order valence-corrected chi connectivity index (χ2v) is 7.40. The zero-order valence-electron chi connectivity index (χ0n) is 16.0. The molecule has 8 nitrogen and oxygen atoms in total. The Balaban J connectivity index is 2.17. The van der Waals surface area contributed by atoms with E-state index in [9.17, 15) is 9.59 Å². The summed E-state index contributed by atoms with van der Waals surface area (Å²) in [4.78, 5) is 29.6. The van der Waals surface area contributed by atoms with Crippen molar-refractivity contribution >= 4 is 17.1 Å². The summed E-state index contributed by atoms with van der Waals surface area (Å²) in [6, 6.07) is 0.180. The highest BCUT2D eigenvalue weighted by atomic mass is 16.2. The molecule has 0 saturated heterocycles. The Hall–Kier alpha value is -2.35. The summed E-state index contributed by atoms with van der Waals surface area (Å²) < 4.78 is 4.40. The predicted octanol–water partition coefficient (Wildman–Crippen LogP) is 1.08. The fourth-order valence-corrected chi connectivity index (χ4v) is 3.51. The quantitative estimate of drug-likeness (QED) is 0.795. The Morgan fingerprint density at radius 1 is 1.23 bits per heavy atom. The lowest BCUT2D eigenvalue weighted by Crippen LogP contribution is -2.43. The average molecular weight is 360 g/mol. The van der Waals surface area contributed by atoms with Gasteiger partial charge in [-0.15, -0.1) is 0 Å². The molecule has 1 saturated carbocycles. The fourth-order valence-electron chi connectivity index (χ4n) is 3.51. The first-order valence-electron chi connectivity index (χ1n) is 9.13. The van der Waals surface area contributed by atoms with Crippen molar-refractivity contribution in [2.45, 2.75) is 58.2 Å². The van der Waals surface area contributed by atoms with Crippen LogP contribution in [0.15, 0.2) is 21.2 Å². The first-order chi connectivity index (χ1) is 12.3. The van der Waals surface area contributed by atoms with Crippen LogP contribution in [0, 0.1) is 0 Å². The van der Waals surface area contributed by atoms with Gasteiger partial charge in [-0.2, -0.15) is 4.98 Å². The molecule has 0 aliphatic heterocycles. The topological polar surface area (TPSA) is 99.9 Å². The molecule has 142 valence electrons.